The number of ether oxygens (including phenoxy) is 1. The van der Waals surface area contributed by atoms with E-state index in [1.807, 2.05) is 6.92 Å². The number of rotatable bonds is 8. The quantitative estimate of drug-likeness (QED) is 0.437. The third-order valence-corrected chi connectivity index (χ3v) is 5.01. The molecule has 1 fully saturated rings. The second-order valence-corrected chi connectivity index (χ2v) is 7.76. The van der Waals surface area contributed by atoms with Gasteiger partial charge in [-0.1, -0.05) is 6.07 Å². The normalized spacial score (nSPS) is 17.8. The van der Waals surface area contributed by atoms with Gasteiger partial charge < -0.3 is 25.4 Å². The molecule has 30 heavy (non-hydrogen) atoms. The van der Waals surface area contributed by atoms with Crippen molar-refractivity contribution in [2.45, 2.75) is 58.0 Å². The number of piperidine rings is 1. The molecule has 1 unspecified atom stereocenters. The second-order valence-electron chi connectivity index (χ2n) is 7.76. The molecule has 9 heteroatoms. The van der Waals surface area contributed by atoms with Gasteiger partial charge >= 0.3 is 6.18 Å². The molecule has 6 nitrogen and oxygen atoms in total. The Morgan fingerprint density at radius 3 is 2.60 bits per heavy atom. The first-order valence-corrected chi connectivity index (χ1v) is 10.5. The highest BCUT2D eigenvalue weighted by Gasteiger charge is 2.30. The molecule has 1 saturated heterocycles. The van der Waals surface area contributed by atoms with E-state index in [4.69, 9.17) is 4.74 Å². The number of benzene rings is 1. The van der Waals surface area contributed by atoms with E-state index >= 15 is 0 Å². The third-order valence-electron chi connectivity index (χ3n) is 5.01. The minimum Gasteiger partial charge on any atom is -0.491 e. The fourth-order valence-corrected chi connectivity index (χ4v) is 3.28. The van der Waals surface area contributed by atoms with Crippen LogP contribution in [0, 0.1) is 0 Å². The summed E-state index contributed by atoms with van der Waals surface area (Å²) in [6.07, 6.45) is -3.33. The Labute approximate surface area is 176 Å². The molecule has 0 aliphatic carbocycles. The molecule has 2 rings (SSSR count). The Bertz CT molecular complexity index is 674. The molecule has 1 aromatic carbocycles. The molecule has 3 N–H and O–H groups in total. The standard InChI is InChI=1S/C21H33F3N4O2/c1-4-25-20(27-17-8-10-28(11-9-17)15(2)3)26-13-18(29)14-30-19-7-5-6-16(12-19)21(22,23)24/h5-7,12,15,17-18,29H,4,8-11,13-14H2,1-3H3,(H2,25,26,27). The Hall–Kier alpha value is -2.00. The predicted molar refractivity (Wildman–Crippen MR) is 112 cm³/mol. The molecular formula is C21H33F3N4O2. The van der Waals surface area contributed by atoms with Crippen molar-refractivity contribution >= 4 is 5.96 Å². The minimum atomic E-state index is -4.43. The van der Waals surface area contributed by atoms with Crippen LogP contribution in [0.2, 0.25) is 0 Å². The molecule has 0 radical (unpaired) electrons. The van der Waals surface area contributed by atoms with E-state index in [0.717, 1.165) is 38.1 Å². The maximum atomic E-state index is 12.8. The zero-order valence-corrected chi connectivity index (χ0v) is 17.9. The Morgan fingerprint density at radius 2 is 2.00 bits per heavy atom. The Kier molecular flexibility index (Phi) is 9.23. The van der Waals surface area contributed by atoms with Crippen molar-refractivity contribution in [2.75, 3.05) is 32.8 Å². The molecule has 0 spiro atoms. The highest BCUT2D eigenvalue weighted by Crippen LogP contribution is 2.31. The molecule has 1 heterocycles. The van der Waals surface area contributed by atoms with Crippen molar-refractivity contribution < 1.29 is 23.0 Å². The highest BCUT2D eigenvalue weighted by atomic mass is 19.4. The highest BCUT2D eigenvalue weighted by molar-refractivity contribution is 5.80. The predicted octanol–water partition coefficient (Wildman–Crippen LogP) is 2.87. The van der Waals surface area contributed by atoms with Crippen LogP contribution in [0.1, 0.15) is 39.2 Å². The zero-order chi connectivity index (χ0) is 22.1. The topological polar surface area (TPSA) is 69.1 Å². The summed E-state index contributed by atoms with van der Waals surface area (Å²) in [5.41, 5.74) is -0.783. The minimum absolute atomic E-state index is 0.0646. The van der Waals surface area contributed by atoms with Crippen molar-refractivity contribution in [1.29, 1.82) is 0 Å². The van der Waals surface area contributed by atoms with Crippen LogP contribution in [0.25, 0.3) is 0 Å². The van der Waals surface area contributed by atoms with Gasteiger partial charge in [0.2, 0.25) is 0 Å². The van der Waals surface area contributed by atoms with E-state index in [9.17, 15) is 18.3 Å². The lowest BCUT2D eigenvalue weighted by Gasteiger charge is -2.35. The van der Waals surface area contributed by atoms with Crippen molar-refractivity contribution in [3.05, 3.63) is 29.8 Å². The molecule has 0 bridgehead atoms. The van der Waals surface area contributed by atoms with Crippen molar-refractivity contribution in [3.63, 3.8) is 0 Å². The van der Waals surface area contributed by atoms with Crippen molar-refractivity contribution in [2.24, 2.45) is 4.99 Å². The first-order chi connectivity index (χ1) is 14.2. The fourth-order valence-electron chi connectivity index (χ4n) is 3.28. The summed E-state index contributed by atoms with van der Waals surface area (Å²) < 4.78 is 43.6. The fraction of sp³-hybridized carbons (Fsp3) is 0.667. The summed E-state index contributed by atoms with van der Waals surface area (Å²) in [4.78, 5) is 6.84. The van der Waals surface area contributed by atoms with E-state index in [2.05, 4.69) is 34.4 Å². The molecule has 0 saturated carbocycles. The number of halogens is 3. The van der Waals surface area contributed by atoms with Crippen LogP contribution in [0.4, 0.5) is 13.2 Å². The van der Waals surface area contributed by atoms with Gasteiger partial charge in [-0.25, -0.2) is 0 Å². The van der Waals surface area contributed by atoms with Crippen LogP contribution < -0.4 is 15.4 Å². The second kappa shape index (κ2) is 11.4. The van der Waals surface area contributed by atoms with Crippen molar-refractivity contribution in [1.82, 2.24) is 15.5 Å². The number of hydrogen-bond donors (Lipinski definition) is 3. The Balaban J connectivity index is 1.83. The van der Waals surface area contributed by atoms with Crippen LogP contribution in [0.3, 0.4) is 0 Å². The van der Waals surface area contributed by atoms with Crippen LogP contribution in [-0.4, -0.2) is 66.9 Å². The van der Waals surface area contributed by atoms with Gasteiger partial charge in [-0.15, -0.1) is 0 Å². The van der Waals surface area contributed by atoms with Gasteiger partial charge in [0.05, 0.1) is 12.1 Å². The van der Waals surface area contributed by atoms with Gasteiger partial charge in [0, 0.05) is 31.7 Å². The number of guanidine groups is 1. The van der Waals surface area contributed by atoms with E-state index in [1.54, 1.807) is 0 Å². The summed E-state index contributed by atoms with van der Waals surface area (Å²) in [6, 6.07) is 5.47. The van der Waals surface area contributed by atoms with E-state index in [-0.39, 0.29) is 18.9 Å². The maximum absolute atomic E-state index is 12.8. The number of nitrogens with zero attached hydrogens (tertiary/aromatic N) is 2. The summed E-state index contributed by atoms with van der Waals surface area (Å²) in [5, 5.41) is 16.7. The average molecular weight is 431 g/mol. The van der Waals surface area contributed by atoms with Crippen LogP contribution >= 0.6 is 0 Å². The molecule has 1 atom stereocenters. The third kappa shape index (κ3) is 8.02. The summed E-state index contributed by atoms with van der Waals surface area (Å²) in [7, 11) is 0. The van der Waals surface area contributed by atoms with Gasteiger partial charge in [-0.2, -0.15) is 13.2 Å². The average Bonchev–Trinajstić information content (AvgIpc) is 2.70. The molecule has 1 aromatic rings. The first-order valence-electron chi connectivity index (χ1n) is 10.5. The lowest BCUT2D eigenvalue weighted by molar-refractivity contribution is -0.137. The summed E-state index contributed by atoms with van der Waals surface area (Å²) in [6.45, 7) is 9.05. The molecule has 0 aromatic heterocycles. The molecule has 1 aliphatic rings. The zero-order valence-electron chi connectivity index (χ0n) is 17.9. The number of nitrogens with one attached hydrogen (secondary N) is 2. The SMILES string of the molecule is CCNC(=NCC(O)COc1cccc(C(F)(F)F)c1)NC1CCN(C(C)C)CC1. The van der Waals surface area contributed by atoms with Crippen LogP contribution in [0.5, 0.6) is 5.75 Å². The molecule has 0 amide bonds. The van der Waals surface area contributed by atoms with Gasteiger partial charge in [0.1, 0.15) is 18.5 Å². The number of aliphatic hydroxyl groups excluding tert-OH is 1. The van der Waals surface area contributed by atoms with Gasteiger partial charge in [-0.3, -0.25) is 4.99 Å². The van der Waals surface area contributed by atoms with Gasteiger partial charge in [0.15, 0.2) is 5.96 Å². The van der Waals surface area contributed by atoms with E-state index in [1.165, 1.54) is 12.1 Å². The summed E-state index contributed by atoms with van der Waals surface area (Å²) >= 11 is 0. The van der Waals surface area contributed by atoms with E-state index < -0.39 is 17.8 Å². The lowest BCUT2D eigenvalue weighted by atomic mass is 10.0. The Morgan fingerprint density at radius 1 is 1.30 bits per heavy atom. The number of alkyl halides is 3. The smallest absolute Gasteiger partial charge is 0.416 e. The molecule has 170 valence electrons. The number of hydrogen-bond acceptors (Lipinski definition) is 4. The molecular weight excluding hydrogens is 397 g/mol. The van der Waals surface area contributed by atoms with Crippen LogP contribution in [-0.2, 0) is 6.18 Å². The van der Waals surface area contributed by atoms with Gasteiger partial charge in [-0.05, 0) is 51.8 Å². The first kappa shape index (κ1) is 24.3. The monoisotopic (exact) mass is 430 g/mol. The maximum Gasteiger partial charge on any atom is 0.416 e. The lowest BCUT2D eigenvalue weighted by Crippen LogP contribution is -2.50. The molecule has 1 aliphatic heterocycles. The largest absolute Gasteiger partial charge is 0.491 e. The van der Waals surface area contributed by atoms with E-state index in [0.29, 0.717) is 24.6 Å². The number of aliphatic hydroxyl groups is 1. The summed E-state index contributed by atoms with van der Waals surface area (Å²) in [5.74, 6) is 0.688. The van der Waals surface area contributed by atoms with Gasteiger partial charge in [0.25, 0.3) is 0 Å². The van der Waals surface area contributed by atoms with Crippen LogP contribution in [0.15, 0.2) is 29.3 Å². The number of likely N-dealkylation sites (tertiary alicyclic amines) is 1. The van der Waals surface area contributed by atoms with Crippen molar-refractivity contribution in [3.8, 4) is 5.75 Å². The number of aliphatic imine (C=N–C) groups is 1.